The van der Waals surface area contributed by atoms with Crippen molar-refractivity contribution in [2.45, 2.75) is 4.90 Å². The second-order valence-corrected chi connectivity index (χ2v) is 5.19. The normalized spacial score (nSPS) is 11.6. The van der Waals surface area contributed by atoms with Crippen LogP contribution in [0.1, 0.15) is 0 Å². The van der Waals surface area contributed by atoms with Gasteiger partial charge in [0.15, 0.2) is 0 Å². The van der Waals surface area contributed by atoms with Crippen molar-refractivity contribution < 1.29 is 8.42 Å². The Kier molecular flexibility index (Phi) is 2.83. The molecule has 1 rings (SSSR count). The Hall–Kier alpha value is -0.0300. The minimum Gasteiger partial charge on any atom is -0.262 e. The average molecular weight is 247 g/mol. The summed E-state index contributed by atoms with van der Waals surface area (Å²) < 4.78 is 21.6. The molecule has 0 radical (unpaired) electrons. The van der Waals surface area contributed by atoms with Crippen molar-refractivity contribution in [3.8, 4) is 0 Å². The molecule has 0 saturated heterocycles. The third kappa shape index (κ3) is 2.01. The molecule has 12 heavy (non-hydrogen) atoms. The zero-order chi connectivity index (χ0) is 9.35. The molecule has 0 atom stereocenters. The van der Waals surface area contributed by atoms with E-state index in [0.717, 1.165) is 6.20 Å². The van der Waals surface area contributed by atoms with Gasteiger partial charge < -0.3 is 0 Å². The fourth-order valence-electron chi connectivity index (χ4n) is 0.571. The summed E-state index contributed by atoms with van der Waals surface area (Å²) >= 11 is 11.0. The average Bonchev–Trinajstić information content (AvgIpc) is 1.92. The van der Waals surface area contributed by atoms with Crippen LogP contribution in [0.15, 0.2) is 17.3 Å². The van der Waals surface area contributed by atoms with E-state index in [1.54, 1.807) is 0 Å². The molecule has 0 spiro atoms. The smallest absolute Gasteiger partial charge is 0.262 e. The Morgan fingerprint density at radius 2 is 1.83 bits per heavy atom. The molecule has 7 heteroatoms. The van der Waals surface area contributed by atoms with Gasteiger partial charge in [0.25, 0.3) is 9.05 Å². The number of nitrogens with zero attached hydrogens (tertiary/aromatic N) is 1. The van der Waals surface area contributed by atoms with Gasteiger partial charge in [-0.3, -0.25) is 4.98 Å². The first-order valence-electron chi connectivity index (χ1n) is 2.66. The highest BCUT2D eigenvalue weighted by Gasteiger charge is 2.16. The summed E-state index contributed by atoms with van der Waals surface area (Å²) in [5.41, 5.74) is 0. The molecule has 0 fully saturated rings. The van der Waals surface area contributed by atoms with Gasteiger partial charge in [0.2, 0.25) is 0 Å². The fourth-order valence-corrected chi connectivity index (χ4v) is 2.17. The predicted molar refractivity (Wildman–Crippen MR) is 47.3 cm³/mol. The Labute approximate surface area is 83.7 Å². The van der Waals surface area contributed by atoms with E-state index in [-0.39, 0.29) is 14.9 Å². The van der Waals surface area contributed by atoms with Gasteiger partial charge in [-0.25, -0.2) is 8.42 Å². The van der Waals surface area contributed by atoms with E-state index in [1.807, 2.05) is 0 Å². The summed E-state index contributed by atoms with van der Waals surface area (Å²) in [7, 11) is 1.16. The maximum absolute atomic E-state index is 10.8. The van der Waals surface area contributed by atoms with E-state index in [2.05, 4.69) is 4.98 Å². The van der Waals surface area contributed by atoms with Crippen LogP contribution >= 0.6 is 33.9 Å². The molecule has 3 nitrogen and oxygen atoms in total. The minimum atomic E-state index is -3.86. The molecule has 0 aliphatic rings. The molecule has 66 valence electrons. The molecule has 0 amide bonds. The lowest BCUT2D eigenvalue weighted by Crippen LogP contribution is -1.93. The van der Waals surface area contributed by atoms with Crippen LogP contribution in [0.2, 0.25) is 10.0 Å². The second-order valence-electron chi connectivity index (χ2n) is 1.87. The second kappa shape index (κ2) is 3.38. The van der Waals surface area contributed by atoms with E-state index < -0.39 is 9.05 Å². The number of aromatic nitrogens is 1. The van der Waals surface area contributed by atoms with E-state index in [9.17, 15) is 8.42 Å². The summed E-state index contributed by atoms with van der Waals surface area (Å²) in [5.74, 6) is 0. The Balaban J connectivity index is 3.47. The van der Waals surface area contributed by atoms with Crippen LogP contribution in [-0.4, -0.2) is 13.4 Å². The van der Waals surface area contributed by atoms with Gasteiger partial charge in [-0.2, -0.15) is 0 Å². The lowest BCUT2D eigenvalue weighted by atomic mass is 10.5. The van der Waals surface area contributed by atoms with E-state index in [1.165, 1.54) is 6.20 Å². The standard InChI is InChI=1S/C5H2Cl3NO2S/c6-3-1-9-2-4(5(3)7)12(8,10)11/h1-2H. The summed E-state index contributed by atoms with van der Waals surface area (Å²) in [5, 5.41) is -0.0555. The number of pyridine rings is 1. The third-order valence-corrected chi connectivity index (χ3v) is 3.30. The van der Waals surface area contributed by atoms with Gasteiger partial charge in [0.05, 0.1) is 10.0 Å². The van der Waals surface area contributed by atoms with Crippen LogP contribution in [0.3, 0.4) is 0 Å². The Morgan fingerprint density at radius 1 is 1.25 bits per heavy atom. The first kappa shape index (κ1) is 10.1. The number of rotatable bonds is 1. The lowest BCUT2D eigenvalue weighted by molar-refractivity contribution is 0.609. The van der Waals surface area contributed by atoms with Crippen molar-refractivity contribution in [2.75, 3.05) is 0 Å². The molecule has 1 heterocycles. The zero-order valence-electron chi connectivity index (χ0n) is 5.46. The van der Waals surface area contributed by atoms with Gasteiger partial charge in [-0.15, -0.1) is 0 Å². The van der Waals surface area contributed by atoms with Crippen molar-refractivity contribution in [3.05, 3.63) is 22.4 Å². The monoisotopic (exact) mass is 245 g/mol. The Morgan fingerprint density at radius 3 is 2.25 bits per heavy atom. The van der Waals surface area contributed by atoms with E-state index >= 15 is 0 Å². The molecule has 1 aromatic rings. The molecule has 0 bridgehead atoms. The van der Waals surface area contributed by atoms with Crippen LogP contribution in [0, 0.1) is 0 Å². The molecule has 0 N–H and O–H groups in total. The van der Waals surface area contributed by atoms with Gasteiger partial charge in [0.1, 0.15) is 4.90 Å². The fraction of sp³-hybridized carbons (Fsp3) is 0. The molecule has 0 saturated carbocycles. The summed E-state index contributed by atoms with van der Waals surface area (Å²) in [4.78, 5) is 3.25. The quantitative estimate of drug-likeness (QED) is 0.715. The van der Waals surface area contributed by atoms with Gasteiger partial charge in [0, 0.05) is 23.1 Å². The van der Waals surface area contributed by atoms with Crippen LogP contribution in [0.5, 0.6) is 0 Å². The largest absolute Gasteiger partial charge is 0.264 e. The van der Waals surface area contributed by atoms with Gasteiger partial charge in [-0.05, 0) is 0 Å². The number of hydrogen-bond donors (Lipinski definition) is 0. The number of halogens is 3. The van der Waals surface area contributed by atoms with Crippen LogP contribution in [-0.2, 0) is 9.05 Å². The molecule has 1 aromatic heterocycles. The van der Waals surface area contributed by atoms with Crippen LogP contribution in [0.4, 0.5) is 0 Å². The highest BCUT2D eigenvalue weighted by atomic mass is 35.7. The maximum Gasteiger partial charge on any atom is 0.264 e. The van der Waals surface area contributed by atoms with E-state index in [0.29, 0.717) is 0 Å². The number of hydrogen-bond acceptors (Lipinski definition) is 3. The maximum atomic E-state index is 10.8. The van der Waals surface area contributed by atoms with Crippen molar-refractivity contribution in [2.24, 2.45) is 0 Å². The predicted octanol–water partition coefficient (Wildman–Crippen LogP) is 2.32. The molecule has 0 unspecified atom stereocenters. The highest BCUT2D eigenvalue weighted by molar-refractivity contribution is 8.13. The summed E-state index contributed by atoms with van der Waals surface area (Å²) in [6, 6.07) is 0. The SMILES string of the molecule is O=S(=O)(Cl)c1cncc(Cl)c1Cl. The van der Waals surface area contributed by atoms with Gasteiger partial charge >= 0.3 is 0 Å². The molecular weight excluding hydrogens is 244 g/mol. The lowest BCUT2D eigenvalue weighted by Gasteiger charge is -1.99. The summed E-state index contributed by atoms with van der Waals surface area (Å²) in [6.45, 7) is 0. The van der Waals surface area contributed by atoms with Crippen molar-refractivity contribution in [1.29, 1.82) is 0 Å². The molecule has 0 aromatic carbocycles. The first-order valence-corrected chi connectivity index (χ1v) is 5.73. The van der Waals surface area contributed by atoms with Crippen LogP contribution < -0.4 is 0 Å². The summed E-state index contributed by atoms with van der Waals surface area (Å²) in [6.07, 6.45) is 2.27. The highest BCUT2D eigenvalue weighted by Crippen LogP contribution is 2.29. The topological polar surface area (TPSA) is 47.0 Å². The third-order valence-electron chi connectivity index (χ3n) is 1.07. The van der Waals surface area contributed by atoms with Gasteiger partial charge in [-0.1, -0.05) is 23.2 Å². The molecule has 0 aliphatic carbocycles. The van der Waals surface area contributed by atoms with Crippen molar-refractivity contribution >= 4 is 42.9 Å². The molecular formula is C5H2Cl3NO2S. The Bertz CT molecular complexity index is 403. The zero-order valence-corrected chi connectivity index (χ0v) is 8.54. The first-order chi connectivity index (χ1) is 5.43. The van der Waals surface area contributed by atoms with Crippen LogP contribution in [0.25, 0.3) is 0 Å². The molecule has 0 aliphatic heterocycles. The van der Waals surface area contributed by atoms with E-state index in [4.69, 9.17) is 33.9 Å². The van der Waals surface area contributed by atoms with Crippen molar-refractivity contribution in [3.63, 3.8) is 0 Å². The minimum absolute atomic E-state index is 0.0541. The van der Waals surface area contributed by atoms with Crippen molar-refractivity contribution in [1.82, 2.24) is 4.98 Å².